The van der Waals surface area contributed by atoms with Crippen LogP contribution in [0.2, 0.25) is 0 Å². The largest absolute Gasteiger partial charge is 0.497 e. The number of anilines is 1. The van der Waals surface area contributed by atoms with Crippen molar-refractivity contribution >= 4 is 32.8 Å². The van der Waals surface area contributed by atoms with E-state index in [1.165, 1.54) is 0 Å². The van der Waals surface area contributed by atoms with Crippen LogP contribution in [-0.4, -0.2) is 43.0 Å². The number of nitrogens with one attached hydrogen (secondary N) is 3. The summed E-state index contributed by atoms with van der Waals surface area (Å²) in [5, 5.41) is 3.98. The molecule has 2 heterocycles. The molecule has 0 saturated heterocycles. The smallest absolute Gasteiger partial charge is 0.264 e. The molecule has 35 heavy (non-hydrogen) atoms. The third-order valence-corrected chi connectivity index (χ3v) is 6.76. The quantitative estimate of drug-likeness (QED) is 0.266. The molecule has 0 saturated carbocycles. The van der Waals surface area contributed by atoms with Gasteiger partial charge in [0.2, 0.25) is 11.9 Å². The minimum absolute atomic E-state index is 0.0491. The number of nitrogens with zero attached hydrogens (tertiary/aromatic N) is 3. The van der Waals surface area contributed by atoms with Crippen molar-refractivity contribution in [2.24, 2.45) is 4.99 Å². The molecule has 4 rings (SSSR count). The number of rotatable bonds is 7. The number of sulfonamides is 1. The van der Waals surface area contributed by atoms with Crippen LogP contribution in [0.15, 0.2) is 64.6 Å². The first-order chi connectivity index (χ1) is 16.7. The van der Waals surface area contributed by atoms with Gasteiger partial charge in [-0.3, -0.25) is 10.3 Å². The number of aliphatic imine (C=N–C) groups is 1. The lowest BCUT2D eigenvalue weighted by Gasteiger charge is -2.13. The van der Waals surface area contributed by atoms with E-state index in [-0.39, 0.29) is 16.8 Å². The Morgan fingerprint density at radius 3 is 2.43 bits per heavy atom. The molecule has 0 aliphatic carbocycles. The van der Waals surface area contributed by atoms with E-state index in [0.717, 1.165) is 39.2 Å². The minimum atomic E-state index is -3.87. The van der Waals surface area contributed by atoms with Crippen molar-refractivity contribution in [3.63, 3.8) is 0 Å². The SMILES string of the molecule is COc1ccc2[nH]cc(CCN=C(Nc3nc(C)cc(C)n3)NS(=O)(=O)c3ccc(C)cc3)c2c1. The summed E-state index contributed by atoms with van der Waals surface area (Å²) < 4.78 is 33.9. The summed E-state index contributed by atoms with van der Waals surface area (Å²) in [7, 11) is -2.24. The average molecular weight is 493 g/mol. The van der Waals surface area contributed by atoms with E-state index in [2.05, 4.69) is 30.0 Å². The molecular weight excluding hydrogens is 464 g/mol. The Bertz CT molecular complexity index is 1460. The summed E-state index contributed by atoms with van der Waals surface area (Å²) in [5.41, 5.74) is 4.52. The van der Waals surface area contributed by atoms with Crippen molar-refractivity contribution in [3.05, 3.63) is 77.2 Å². The highest BCUT2D eigenvalue weighted by Crippen LogP contribution is 2.24. The molecular formula is C25H28N6O3S. The molecule has 0 spiro atoms. The van der Waals surface area contributed by atoms with Gasteiger partial charge in [0.25, 0.3) is 10.0 Å². The van der Waals surface area contributed by atoms with E-state index >= 15 is 0 Å². The normalized spacial score (nSPS) is 12.1. The summed E-state index contributed by atoms with van der Waals surface area (Å²) in [6, 6.07) is 14.3. The third kappa shape index (κ3) is 5.96. The number of aromatic nitrogens is 3. The second-order valence-corrected chi connectivity index (χ2v) is 9.91. The van der Waals surface area contributed by atoms with Crippen LogP contribution >= 0.6 is 0 Å². The van der Waals surface area contributed by atoms with Gasteiger partial charge in [0.05, 0.1) is 12.0 Å². The number of benzene rings is 2. The van der Waals surface area contributed by atoms with Gasteiger partial charge in [-0.2, -0.15) is 0 Å². The Morgan fingerprint density at radius 2 is 1.74 bits per heavy atom. The molecule has 182 valence electrons. The van der Waals surface area contributed by atoms with Gasteiger partial charge in [-0.1, -0.05) is 17.7 Å². The monoisotopic (exact) mass is 492 g/mol. The Hall–Kier alpha value is -3.92. The minimum Gasteiger partial charge on any atom is -0.497 e. The zero-order valence-electron chi connectivity index (χ0n) is 20.1. The first kappa shape index (κ1) is 24.2. The average Bonchev–Trinajstić information content (AvgIpc) is 3.20. The molecule has 0 bridgehead atoms. The maximum absolute atomic E-state index is 13.0. The van der Waals surface area contributed by atoms with Crippen molar-refractivity contribution in [3.8, 4) is 5.75 Å². The number of ether oxygens (including phenoxy) is 1. The fourth-order valence-electron chi connectivity index (χ4n) is 3.67. The number of hydrogen-bond donors (Lipinski definition) is 3. The van der Waals surface area contributed by atoms with Crippen LogP contribution in [0, 0.1) is 20.8 Å². The van der Waals surface area contributed by atoms with Gasteiger partial charge in [0, 0.05) is 35.0 Å². The van der Waals surface area contributed by atoms with E-state index in [4.69, 9.17) is 4.74 Å². The third-order valence-electron chi connectivity index (χ3n) is 5.40. The van der Waals surface area contributed by atoms with E-state index < -0.39 is 10.0 Å². The lowest BCUT2D eigenvalue weighted by atomic mass is 10.1. The molecule has 0 amide bonds. The molecule has 10 heteroatoms. The number of fused-ring (bicyclic) bond motifs is 1. The Balaban J connectivity index is 1.59. The van der Waals surface area contributed by atoms with Crippen LogP contribution < -0.4 is 14.8 Å². The van der Waals surface area contributed by atoms with Crippen LogP contribution in [0.25, 0.3) is 10.9 Å². The maximum atomic E-state index is 13.0. The Kier molecular flexibility index (Phi) is 7.02. The fraction of sp³-hybridized carbons (Fsp3) is 0.240. The van der Waals surface area contributed by atoms with Crippen molar-refractivity contribution < 1.29 is 13.2 Å². The number of H-pyrrole nitrogens is 1. The second kappa shape index (κ2) is 10.1. The van der Waals surface area contributed by atoms with Gasteiger partial charge in [0.15, 0.2) is 0 Å². The van der Waals surface area contributed by atoms with Crippen molar-refractivity contribution in [2.75, 3.05) is 19.0 Å². The molecule has 3 N–H and O–H groups in total. The molecule has 9 nitrogen and oxygen atoms in total. The van der Waals surface area contributed by atoms with Crippen molar-refractivity contribution in [2.45, 2.75) is 32.1 Å². The summed E-state index contributed by atoms with van der Waals surface area (Å²) in [6.45, 7) is 5.92. The van der Waals surface area contributed by atoms with E-state index in [9.17, 15) is 8.42 Å². The zero-order chi connectivity index (χ0) is 25.0. The van der Waals surface area contributed by atoms with Gasteiger partial charge >= 0.3 is 0 Å². The van der Waals surface area contributed by atoms with Gasteiger partial charge in [-0.25, -0.2) is 23.1 Å². The first-order valence-corrected chi connectivity index (χ1v) is 12.6. The van der Waals surface area contributed by atoms with Crippen LogP contribution in [0.5, 0.6) is 5.75 Å². The predicted octanol–water partition coefficient (Wildman–Crippen LogP) is 3.88. The summed E-state index contributed by atoms with van der Waals surface area (Å²) >= 11 is 0. The molecule has 0 radical (unpaired) electrons. The van der Waals surface area contributed by atoms with E-state index in [1.807, 2.05) is 51.2 Å². The van der Waals surface area contributed by atoms with Crippen LogP contribution in [0.3, 0.4) is 0 Å². The number of hydrogen-bond acceptors (Lipinski definition) is 6. The molecule has 4 aromatic rings. The number of aryl methyl sites for hydroxylation is 3. The zero-order valence-corrected chi connectivity index (χ0v) is 20.9. The highest BCUT2D eigenvalue weighted by molar-refractivity contribution is 7.90. The lowest BCUT2D eigenvalue weighted by molar-refractivity contribution is 0.415. The second-order valence-electron chi connectivity index (χ2n) is 8.22. The molecule has 0 aliphatic heterocycles. The standard InChI is InChI=1S/C25H28N6O3S/c1-16-5-8-21(9-6-16)35(32,33)31-24(30-25-28-17(2)13-18(3)29-25)26-12-11-19-15-27-23-10-7-20(34-4)14-22(19)23/h5-10,13-15,27H,11-12H2,1-4H3,(H2,26,28,29,30,31). The van der Waals surface area contributed by atoms with E-state index in [0.29, 0.717) is 13.0 Å². The lowest BCUT2D eigenvalue weighted by Crippen LogP contribution is -2.37. The highest BCUT2D eigenvalue weighted by atomic mass is 32.2. The van der Waals surface area contributed by atoms with Crippen LogP contribution in [0.1, 0.15) is 22.5 Å². The molecule has 2 aromatic heterocycles. The van der Waals surface area contributed by atoms with Crippen molar-refractivity contribution in [1.82, 2.24) is 19.7 Å². The molecule has 0 fully saturated rings. The first-order valence-electron chi connectivity index (χ1n) is 11.1. The summed E-state index contributed by atoms with van der Waals surface area (Å²) in [5.74, 6) is 1.08. The number of guanidine groups is 1. The van der Waals surface area contributed by atoms with Gasteiger partial charge in [-0.15, -0.1) is 0 Å². The highest BCUT2D eigenvalue weighted by Gasteiger charge is 2.17. The molecule has 0 atom stereocenters. The van der Waals surface area contributed by atoms with Crippen molar-refractivity contribution in [1.29, 1.82) is 0 Å². The Labute approximate surface area is 204 Å². The van der Waals surface area contributed by atoms with Gasteiger partial charge in [-0.05, 0) is 69.2 Å². The summed E-state index contributed by atoms with van der Waals surface area (Å²) in [6.07, 6.45) is 2.51. The van der Waals surface area contributed by atoms with Gasteiger partial charge in [0.1, 0.15) is 5.75 Å². The molecule has 0 aliphatic rings. The van der Waals surface area contributed by atoms with E-state index in [1.54, 1.807) is 31.4 Å². The number of aromatic amines is 1. The van der Waals surface area contributed by atoms with Crippen LogP contribution in [0.4, 0.5) is 5.95 Å². The van der Waals surface area contributed by atoms with Crippen LogP contribution in [-0.2, 0) is 16.4 Å². The number of methoxy groups -OCH3 is 1. The maximum Gasteiger partial charge on any atom is 0.264 e. The summed E-state index contributed by atoms with van der Waals surface area (Å²) in [4.78, 5) is 16.6. The topological polar surface area (TPSA) is 121 Å². The Morgan fingerprint density at radius 1 is 1.03 bits per heavy atom. The molecule has 2 aromatic carbocycles. The fourth-order valence-corrected chi connectivity index (χ4v) is 4.65. The predicted molar refractivity (Wildman–Crippen MR) is 137 cm³/mol. The van der Waals surface area contributed by atoms with Gasteiger partial charge < -0.3 is 9.72 Å². The molecule has 0 unspecified atom stereocenters.